The summed E-state index contributed by atoms with van der Waals surface area (Å²) < 4.78 is 10.6. The number of carbonyl (C=O) groups is 1. The number of nitrogens with one attached hydrogen (secondary N) is 1. The Bertz CT molecular complexity index is 908. The van der Waals surface area contributed by atoms with Crippen molar-refractivity contribution in [3.05, 3.63) is 56.9 Å². The van der Waals surface area contributed by atoms with Gasteiger partial charge in [0, 0.05) is 15.6 Å². The molecule has 0 bridgehead atoms. The summed E-state index contributed by atoms with van der Waals surface area (Å²) in [6.45, 7) is 0. The lowest BCUT2D eigenvalue weighted by Crippen LogP contribution is -2.19. The second-order valence-electron chi connectivity index (χ2n) is 5.22. The molecule has 26 heavy (non-hydrogen) atoms. The second kappa shape index (κ2) is 8.03. The van der Waals surface area contributed by atoms with Crippen LogP contribution in [0.25, 0.3) is 6.08 Å². The van der Waals surface area contributed by atoms with Gasteiger partial charge in [-0.25, -0.2) is 4.99 Å². The number of carbonyl (C=O) groups excluding carboxylic acids is 1. The predicted octanol–water partition coefficient (Wildman–Crippen LogP) is 4.90. The Kier molecular flexibility index (Phi) is 5.76. The fourth-order valence-corrected chi connectivity index (χ4v) is 3.64. The van der Waals surface area contributed by atoms with Gasteiger partial charge in [0.1, 0.15) is 11.5 Å². The van der Waals surface area contributed by atoms with Gasteiger partial charge in [-0.2, -0.15) is 0 Å². The van der Waals surface area contributed by atoms with Crippen molar-refractivity contribution in [1.82, 2.24) is 5.32 Å². The fourth-order valence-electron chi connectivity index (χ4n) is 2.30. The third-order valence-electron chi connectivity index (χ3n) is 3.45. The van der Waals surface area contributed by atoms with Crippen molar-refractivity contribution in [2.24, 2.45) is 4.99 Å². The number of nitrogens with zero attached hydrogens (tertiary/aromatic N) is 1. The van der Waals surface area contributed by atoms with Gasteiger partial charge in [-0.05, 0) is 54.2 Å². The van der Waals surface area contributed by atoms with E-state index in [9.17, 15) is 4.79 Å². The van der Waals surface area contributed by atoms with Crippen LogP contribution in [-0.2, 0) is 4.79 Å². The van der Waals surface area contributed by atoms with Crippen molar-refractivity contribution in [1.29, 1.82) is 0 Å². The summed E-state index contributed by atoms with van der Waals surface area (Å²) in [5.74, 6) is 1.06. The molecule has 0 aromatic heterocycles. The van der Waals surface area contributed by atoms with E-state index in [1.807, 2.05) is 0 Å². The van der Waals surface area contributed by atoms with Crippen molar-refractivity contribution in [2.75, 3.05) is 14.2 Å². The zero-order valence-corrected chi connectivity index (χ0v) is 16.2. The highest BCUT2D eigenvalue weighted by molar-refractivity contribution is 8.18. The molecule has 8 heteroatoms. The Hall–Kier alpha value is -2.15. The maximum absolute atomic E-state index is 12.3. The lowest BCUT2D eigenvalue weighted by molar-refractivity contribution is -0.115. The minimum absolute atomic E-state index is 0.244. The molecule has 0 atom stereocenters. The first-order chi connectivity index (χ1) is 12.5. The summed E-state index contributed by atoms with van der Waals surface area (Å²) in [6.07, 6.45) is 1.73. The van der Waals surface area contributed by atoms with Crippen molar-refractivity contribution in [3.63, 3.8) is 0 Å². The first-order valence-corrected chi connectivity index (χ1v) is 9.03. The van der Waals surface area contributed by atoms with Gasteiger partial charge in [0.15, 0.2) is 5.17 Å². The highest BCUT2D eigenvalue weighted by atomic mass is 35.5. The maximum Gasteiger partial charge on any atom is 0.264 e. The van der Waals surface area contributed by atoms with E-state index in [2.05, 4.69) is 10.3 Å². The predicted molar refractivity (Wildman–Crippen MR) is 107 cm³/mol. The Morgan fingerprint density at radius 1 is 1.08 bits per heavy atom. The number of rotatable bonds is 4. The van der Waals surface area contributed by atoms with Crippen LogP contribution in [0.2, 0.25) is 10.0 Å². The maximum atomic E-state index is 12.3. The number of benzene rings is 2. The summed E-state index contributed by atoms with van der Waals surface area (Å²) in [6, 6.07) is 10.3. The highest BCUT2D eigenvalue weighted by Gasteiger charge is 2.24. The third-order valence-corrected chi connectivity index (χ3v) is 4.80. The van der Waals surface area contributed by atoms with E-state index in [0.29, 0.717) is 37.3 Å². The molecular weight excluding hydrogens is 395 g/mol. The number of hydrogen-bond donors (Lipinski definition) is 1. The summed E-state index contributed by atoms with van der Waals surface area (Å²) in [7, 11) is 3.15. The molecule has 0 aliphatic carbocycles. The molecule has 0 radical (unpaired) electrons. The first-order valence-electron chi connectivity index (χ1n) is 7.46. The van der Waals surface area contributed by atoms with Gasteiger partial charge in [-0.1, -0.05) is 23.2 Å². The molecule has 1 heterocycles. The number of ether oxygens (including phenoxy) is 2. The average Bonchev–Trinajstić information content (AvgIpc) is 2.93. The van der Waals surface area contributed by atoms with E-state index in [1.165, 1.54) is 11.8 Å². The van der Waals surface area contributed by atoms with E-state index in [-0.39, 0.29) is 5.91 Å². The van der Waals surface area contributed by atoms with Gasteiger partial charge < -0.3 is 14.8 Å². The van der Waals surface area contributed by atoms with Crippen molar-refractivity contribution >= 4 is 57.8 Å². The van der Waals surface area contributed by atoms with Gasteiger partial charge in [0.05, 0.1) is 24.8 Å². The van der Waals surface area contributed by atoms with Crippen LogP contribution in [0, 0.1) is 0 Å². The standard InChI is InChI=1S/C18H14Cl2N2O3S/c1-24-14-3-4-15(25-2)10(5-14)6-16-17(23)22-18(26-16)21-13-8-11(19)7-12(20)9-13/h3-9H,1-2H3,(H,21,22,23)/b16-6+. The number of halogens is 2. The molecule has 0 saturated carbocycles. The number of amidine groups is 1. The van der Waals surface area contributed by atoms with Gasteiger partial charge in [-0.3, -0.25) is 4.79 Å². The van der Waals surface area contributed by atoms with Crippen molar-refractivity contribution in [3.8, 4) is 11.5 Å². The summed E-state index contributed by atoms with van der Waals surface area (Å²) in [5, 5.41) is 4.12. The molecule has 0 unspecified atom stereocenters. The molecule has 1 fully saturated rings. The largest absolute Gasteiger partial charge is 0.497 e. The fraction of sp³-hybridized carbons (Fsp3) is 0.111. The van der Waals surface area contributed by atoms with Crippen molar-refractivity contribution in [2.45, 2.75) is 0 Å². The van der Waals surface area contributed by atoms with Gasteiger partial charge in [-0.15, -0.1) is 0 Å². The minimum Gasteiger partial charge on any atom is -0.497 e. The molecular formula is C18H14Cl2N2O3S. The molecule has 1 N–H and O–H groups in total. The zero-order valence-electron chi connectivity index (χ0n) is 13.9. The minimum atomic E-state index is -0.244. The molecule has 1 saturated heterocycles. The quantitative estimate of drug-likeness (QED) is 0.730. The Labute approximate surface area is 165 Å². The van der Waals surface area contributed by atoms with Gasteiger partial charge in [0.25, 0.3) is 5.91 Å². The highest BCUT2D eigenvalue weighted by Crippen LogP contribution is 2.33. The molecule has 2 aromatic rings. The molecule has 3 rings (SSSR count). The van der Waals surface area contributed by atoms with Crippen molar-refractivity contribution < 1.29 is 14.3 Å². The van der Waals surface area contributed by atoms with Crippen LogP contribution < -0.4 is 14.8 Å². The third kappa shape index (κ3) is 4.33. The Balaban J connectivity index is 1.90. The summed E-state index contributed by atoms with van der Waals surface area (Å²) >= 11 is 13.2. The molecule has 1 aliphatic rings. The first kappa shape index (κ1) is 18.6. The molecule has 1 amide bonds. The smallest absolute Gasteiger partial charge is 0.264 e. The van der Waals surface area contributed by atoms with Gasteiger partial charge in [0.2, 0.25) is 0 Å². The van der Waals surface area contributed by atoms with Crippen LogP contribution in [0.4, 0.5) is 5.69 Å². The molecule has 0 spiro atoms. The molecule has 5 nitrogen and oxygen atoms in total. The Morgan fingerprint density at radius 3 is 2.46 bits per heavy atom. The number of hydrogen-bond acceptors (Lipinski definition) is 5. The lowest BCUT2D eigenvalue weighted by Gasteiger charge is -2.07. The number of thioether (sulfide) groups is 1. The number of aliphatic imine (C=N–C) groups is 1. The van der Waals surface area contributed by atoms with Gasteiger partial charge >= 0.3 is 0 Å². The topological polar surface area (TPSA) is 59.9 Å². The second-order valence-corrected chi connectivity index (χ2v) is 7.12. The summed E-state index contributed by atoms with van der Waals surface area (Å²) in [4.78, 5) is 17.1. The van der Waals surface area contributed by atoms with E-state index < -0.39 is 0 Å². The average molecular weight is 409 g/mol. The molecule has 134 valence electrons. The van der Waals surface area contributed by atoms with E-state index in [4.69, 9.17) is 32.7 Å². The SMILES string of the molecule is COc1ccc(OC)c(/C=C2/SC(=Nc3cc(Cl)cc(Cl)c3)NC2=O)c1. The molecule has 2 aromatic carbocycles. The van der Waals surface area contributed by atoms with Crippen LogP contribution in [0.15, 0.2) is 46.3 Å². The van der Waals surface area contributed by atoms with E-state index >= 15 is 0 Å². The Morgan fingerprint density at radius 2 is 1.81 bits per heavy atom. The monoisotopic (exact) mass is 408 g/mol. The van der Waals surface area contributed by atoms with E-state index in [0.717, 1.165) is 5.56 Å². The van der Waals surface area contributed by atoms with Crippen LogP contribution in [0.3, 0.4) is 0 Å². The number of methoxy groups -OCH3 is 2. The van der Waals surface area contributed by atoms with Crippen LogP contribution in [-0.4, -0.2) is 25.3 Å². The zero-order chi connectivity index (χ0) is 18.7. The summed E-state index contributed by atoms with van der Waals surface area (Å²) in [5.41, 5.74) is 1.29. The van der Waals surface area contributed by atoms with Crippen LogP contribution in [0.1, 0.15) is 5.56 Å². The van der Waals surface area contributed by atoms with Crippen LogP contribution >= 0.6 is 35.0 Å². The van der Waals surface area contributed by atoms with E-state index in [1.54, 1.807) is 56.7 Å². The molecule has 1 aliphatic heterocycles. The lowest BCUT2D eigenvalue weighted by atomic mass is 10.1. The van der Waals surface area contributed by atoms with Crippen LogP contribution in [0.5, 0.6) is 11.5 Å². The number of amides is 1. The normalized spacial score (nSPS) is 16.8.